The van der Waals surface area contributed by atoms with Crippen LogP contribution >= 0.6 is 12.4 Å². The van der Waals surface area contributed by atoms with Crippen LogP contribution in [0.4, 0.5) is 0 Å². The predicted octanol–water partition coefficient (Wildman–Crippen LogP) is 3.79. The van der Waals surface area contributed by atoms with Crippen molar-refractivity contribution in [2.75, 3.05) is 6.54 Å². The summed E-state index contributed by atoms with van der Waals surface area (Å²) in [7, 11) is 0. The van der Waals surface area contributed by atoms with Crippen LogP contribution in [0.3, 0.4) is 0 Å². The summed E-state index contributed by atoms with van der Waals surface area (Å²) in [5.74, 6) is 2.82. The Morgan fingerprint density at radius 2 is 1.87 bits per heavy atom. The van der Waals surface area contributed by atoms with Gasteiger partial charge in [-0.05, 0) is 39.5 Å². The lowest BCUT2D eigenvalue weighted by atomic mass is 9.95. The molecule has 1 N–H and O–H groups in total. The molecule has 0 amide bonds. The van der Waals surface area contributed by atoms with Gasteiger partial charge in [-0.2, -0.15) is 0 Å². The molecule has 0 atom stereocenters. The molecule has 126 valence electrons. The summed E-state index contributed by atoms with van der Waals surface area (Å²) >= 11 is 0. The van der Waals surface area contributed by atoms with Crippen LogP contribution in [0.25, 0.3) is 11.2 Å². The van der Waals surface area contributed by atoms with E-state index in [1.54, 1.807) is 0 Å². The van der Waals surface area contributed by atoms with E-state index in [-0.39, 0.29) is 12.4 Å². The topological polar surface area (TPSA) is 58.9 Å². The van der Waals surface area contributed by atoms with Crippen LogP contribution in [0.15, 0.2) is 4.99 Å². The van der Waals surface area contributed by atoms with Crippen molar-refractivity contribution in [1.82, 2.24) is 19.5 Å². The van der Waals surface area contributed by atoms with E-state index in [1.165, 1.54) is 44.9 Å². The average molecular weight is 336 g/mol. The summed E-state index contributed by atoms with van der Waals surface area (Å²) in [5, 5.41) is 0. The molecule has 6 heteroatoms. The van der Waals surface area contributed by atoms with Crippen molar-refractivity contribution in [3.8, 4) is 0 Å². The number of aromatic nitrogens is 4. The number of imidazole rings is 1. The van der Waals surface area contributed by atoms with Gasteiger partial charge in [-0.25, -0.2) is 9.97 Å². The third-order valence-corrected chi connectivity index (χ3v) is 4.98. The molecule has 0 aromatic carbocycles. The summed E-state index contributed by atoms with van der Waals surface area (Å²) in [6.07, 6.45) is 9.02. The maximum absolute atomic E-state index is 4.96. The fourth-order valence-electron chi connectivity index (χ4n) is 3.72. The molecule has 23 heavy (non-hydrogen) atoms. The van der Waals surface area contributed by atoms with E-state index in [0.717, 1.165) is 34.8 Å². The smallest absolute Gasteiger partial charge is 0.177 e. The van der Waals surface area contributed by atoms with Crippen LogP contribution in [-0.2, 0) is 0 Å². The fraction of sp³-hybridized carbons (Fsp3) is 0.706. The van der Waals surface area contributed by atoms with E-state index >= 15 is 0 Å². The molecule has 2 aromatic heterocycles. The Bertz CT molecular complexity index is 750. The lowest BCUT2D eigenvalue weighted by Gasteiger charge is -2.26. The first-order chi connectivity index (χ1) is 10.8. The van der Waals surface area contributed by atoms with Crippen LogP contribution in [0.1, 0.15) is 75.5 Å². The van der Waals surface area contributed by atoms with Crippen molar-refractivity contribution in [2.45, 2.75) is 70.8 Å². The standard InChI is InChI=1S/C17H25N5.ClH/c1-3-18-16-14-17(21-15(20-14)12-9-10-12)22(11(2)19-16)13-7-5-4-6-8-13;/h12-13H,3-10H2,1-2H3,(H,20,21);1H. The summed E-state index contributed by atoms with van der Waals surface area (Å²) in [6, 6.07) is 0.551. The summed E-state index contributed by atoms with van der Waals surface area (Å²) < 4.78 is 2.38. The number of fused-ring (bicyclic) bond motifs is 1. The molecule has 0 saturated heterocycles. The maximum atomic E-state index is 4.96. The van der Waals surface area contributed by atoms with Gasteiger partial charge in [-0.3, -0.25) is 4.99 Å². The third-order valence-electron chi connectivity index (χ3n) is 4.98. The summed E-state index contributed by atoms with van der Waals surface area (Å²) in [5.41, 5.74) is 2.95. The van der Waals surface area contributed by atoms with Gasteiger partial charge in [0.15, 0.2) is 11.1 Å². The number of hydrogen-bond donors (Lipinski definition) is 1. The van der Waals surface area contributed by atoms with E-state index < -0.39 is 0 Å². The summed E-state index contributed by atoms with van der Waals surface area (Å²) in [4.78, 5) is 17.9. The van der Waals surface area contributed by atoms with E-state index in [9.17, 15) is 0 Å². The van der Waals surface area contributed by atoms with Gasteiger partial charge < -0.3 is 9.55 Å². The van der Waals surface area contributed by atoms with Crippen molar-refractivity contribution in [1.29, 1.82) is 0 Å². The van der Waals surface area contributed by atoms with Crippen LogP contribution in [0.2, 0.25) is 0 Å². The molecule has 0 radical (unpaired) electrons. The SMILES string of the molecule is CCN=c1nc(C)n(C2CCCCC2)c2nc(C3CC3)[nH]c12.Cl. The third kappa shape index (κ3) is 3.03. The molecular weight excluding hydrogens is 310 g/mol. The lowest BCUT2D eigenvalue weighted by molar-refractivity contribution is 0.350. The first kappa shape index (κ1) is 16.5. The molecular formula is C17H26ClN5. The molecule has 2 heterocycles. The van der Waals surface area contributed by atoms with Gasteiger partial charge in [0.1, 0.15) is 17.2 Å². The molecule has 2 aliphatic carbocycles. The van der Waals surface area contributed by atoms with Gasteiger partial charge >= 0.3 is 0 Å². The fourth-order valence-corrected chi connectivity index (χ4v) is 3.72. The minimum Gasteiger partial charge on any atom is -0.337 e. The van der Waals surface area contributed by atoms with Crippen LogP contribution < -0.4 is 5.49 Å². The van der Waals surface area contributed by atoms with Crippen molar-refractivity contribution < 1.29 is 0 Å². The second-order valence-electron chi connectivity index (χ2n) is 6.71. The Morgan fingerprint density at radius 1 is 1.13 bits per heavy atom. The number of nitrogens with zero attached hydrogens (tertiary/aromatic N) is 4. The van der Waals surface area contributed by atoms with E-state index in [0.29, 0.717) is 12.0 Å². The van der Waals surface area contributed by atoms with E-state index in [1.807, 2.05) is 0 Å². The molecule has 2 saturated carbocycles. The second-order valence-corrected chi connectivity index (χ2v) is 6.71. The Labute approximate surface area is 143 Å². The normalized spacial score (nSPS) is 20.0. The zero-order valence-corrected chi connectivity index (χ0v) is 14.8. The van der Waals surface area contributed by atoms with Crippen molar-refractivity contribution in [2.24, 2.45) is 4.99 Å². The highest BCUT2D eigenvalue weighted by atomic mass is 35.5. The van der Waals surface area contributed by atoms with Crippen LogP contribution in [0.5, 0.6) is 0 Å². The first-order valence-electron chi connectivity index (χ1n) is 8.77. The highest BCUT2D eigenvalue weighted by Crippen LogP contribution is 2.39. The van der Waals surface area contributed by atoms with Crippen molar-refractivity contribution in [3.63, 3.8) is 0 Å². The number of aryl methyl sites for hydroxylation is 1. The van der Waals surface area contributed by atoms with Gasteiger partial charge in [0.2, 0.25) is 0 Å². The van der Waals surface area contributed by atoms with Gasteiger partial charge in [-0.1, -0.05) is 19.3 Å². The van der Waals surface area contributed by atoms with Gasteiger partial charge in [0.25, 0.3) is 0 Å². The minimum atomic E-state index is 0. The molecule has 5 nitrogen and oxygen atoms in total. The Morgan fingerprint density at radius 3 is 2.52 bits per heavy atom. The molecule has 2 aliphatic rings. The number of H-pyrrole nitrogens is 1. The van der Waals surface area contributed by atoms with E-state index in [2.05, 4.69) is 28.4 Å². The van der Waals surface area contributed by atoms with Crippen molar-refractivity contribution >= 4 is 23.6 Å². The number of aromatic amines is 1. The molecule has 0 bridgehead atoms. The zero-order valence-electron chi connectivity index (χ0n) is 14.0. The average Bonchev–Trinajstić information content (AvgIpc) is 3.28. The molecule has 2 aromatic rings. The highest BCUT2D eigenvalue weighted by Gasteiger charge is 2.29. The number of nitrogens with one attached hydrogen (secondary N) is 1. The Kier molecular flexibility index (Phi) is 4.76. The molecule has 2 fully saturated rings. The monoisotopic (exact) mass is 335 g/mol. The van der Waals surface area contributed by atoms with Gasteiger partial charge in [0.05, 0.1) is 0 Å². The minimum absolute atomic E-state index is 0. The van der Waals surface area contributed by atoms with Crippen LogP contribution in [0, 0.1) is 6.92 Å². The number of halogens is 1. The second kappa shape index (κ2) is 6.63. The first-order valence-corrected chi connectivity index (χ1v) is 8.77. The Balaban J connectivity index is 0.00000156. The molecule has 0 spiro atoms. The number of rotatable bonds is 3. The largest absolute Gasteiger partial charge is 0.337 e. The number of hydrogen-bond acceptors (Lipinski definition) is 3. The molecule has 4 rings (SSSR count). The zero-order chi connectivity index (χ0) is 15.1. The van der Waals surface area contributed by atoms with E-state index in [4.69, 9.17) is 9.97 Å². The Hall–Kier alpha value is -1.36. The van der Waals surface area contributed by atoms with Crippen molar-refractivity contribution in [3.05, 3.63) is 17.1 Å². The summed E-state index contributed by atoms with van der Waals surface area (Å²) in [6.45, 7) is 4.92. The van der Waals surface area contributed by atoms with Gasteiger partial charge in [-0.15, -0.1) is 12.4 Å². The van der Waals surface area contributed by atoms with Crippen LogP contribution in [-0.4, -0.2) is 26.1 Å². The predicted molar refractivity (Wildman–Crippen MR) is 94.1 cm³/mol. The molecule has 0 aliphatic heterocycles. The lowest BCUT2D eigenvalue weighted by Crippen LogP contribution is -2.23. The maximum Gasteiger partial charge on any atom is 0.177 e. The highest BCUT2D eigenvalue weighted by molar-refractivity contribution is 5.85. The molecule has 0 unspecified atom stereocenters. The van der Waals surface area contributed by atoms with Gasteiger partial charge in [0, 0.05) is 18.5 Å². The quantitative estimate of drug-likeness (QED) is 0.927.